The summed E-state index contributed by atoms with van der Waals surface area (Å²) in [4.78, 5) is 11.9. The number of para-hydroxylation sites is 1. The van der Waals surface area contributed by atoms with Gasteiger partial charge in [-0.3, -0.25) is 4.79 Å². The van der Waals surface area contributed by atoms with Crippen LogP contribution in [0.5, 0.6) is 0 Å². The molecule has 1 aliphatic carbocycles. The van der Waals surface area contributed by atoms with Gasteiger partial charge in [-0.15, -0.1) is 0 Å². The van der Waals surface area contributed by atoms with Crippen molar-refractivity contribution < 1.29 is 0 Å². The number of hydrogen-bond acceptors (Lipinski definition) is 1. The minimum Gasteiger partial charge on any atom is -0.347 e. The third kappa shape index (κ3) is 2.56. The molecule has 20 heavy (non-hydrogen) atoms. The highest BCUT2D eigenvalue weighted by Crippen LogP contribution is 2.39. The molecule has 1 aromatic heterocycles. The maximum absolute atomic E-state index is 11.9. The quantitative estimate of drug-likeness (QED) is 0.765. The molecule has 0 bridgehead atoms. The molecule has 0 amide bonds. The zero-order chi connectivity index (χ0) is 14.0. The third-order valence-electron chi connectivity index (χ3n) is 4.59. The van der Waals surface area contributed by atoms with E-state index in [4.69, 9.17) is 0 Å². The van der Waals surface area contributed by atoms with Crippen molar-refractivity contribution in [1.82, 2.24) is 4.57 Å². The summed E-state index contributed by atoms with van der Waals surface area (Å²) < 4.78 is 2.27. The number of halogens is 1. The minimum absolute atomic E-state index is 0.119. The molecule has 3 heteroatoms. The van der Waals surface area contributed by atoms with Crippen molar-refractivity contribution in [2.24, 2.45) is 5.41 Å². The molecule has 1 fully saturated rings. The van der Waals surface area contributed by atoms with Crippen LogP contribution in [0.1, 0.15) is 32.1 Å². The lowest BCUT2D eigenvalue weighted by Crippen LogP contribution is -2.31. The van der Waals surface area contributed by atoms with Crippen molar-refractivity contribution in [1.29, 1.82) is 0 Å². The lowest BCUT2D eigenvalue weighted by molar-refractivity contribution is 0.193. The number of nitrogens with zero attached hydrogens (tertiary/aromatic N) is 1. The van der Waals surface area contributed by atoms with Crippen LogP contribution < -0.4 is 5.43 Å². The maximum Gasteiger partial charge on any atom is 0.189 e. The topological polar surface area (TPSA) is 22.0 Å². The van der Waals surface area contributed by atoms with Crippen LogP contribution in [0.3, 0.4) is 0 Å². The molecule has 2 nitrogen and oxygen atoms in total. The Hall–Kier alpha value is -1.09. The smallest absolute Gasteiger partial charge is 0.189 e. The first-order chi connectivity index (χ1) is 9.74. The monoisotopic (exact) mass is 333 g/mol. The van der Waals surface area contributed by atoms with Crippen molar-refractivity contribution in [3.05, 3.63) is 46.8 Å². The maximum atomic E-state index is 11.9. The fraction of sp³-hybridized carbons (Fsp3) is 0.471. The van der Waals surface area contributed by atoms with Gasteiger partial charge < -0.3 is 4.57 Å². The Kier molecular flexibility index (Phi) is 3.97. The molecule has 0 spiro atoms. The van der Waals surface area contributed by atoms with Crippen LogP contribution in [0.15, 0.2) is 41.3 Å². The molecule has 0 N–H and O–H groups in total. The van der Waals surface area contributed by atoms with Gasteiger partial charge >= 0.3 is 0 Å². The summed E-state index contributed by atoms with van der Waals surface area (Å²) in [5.41, 5.74) is 1.52. The Morgan fingerprint density at radius 2 is 1.85 bits per heavy atom. The van der Waals surface area contributed by atoms with E-state index in [9.17, 15) is 4.79 Å². The van der Waals surface area contributed by atoms with Crippen molar-refractivity contribution in [3.63, 3.8) is 0 Å². The van der Waals surface area contributed by atoms with E-state index in [1.165, 1.54) is 32.1 Å². The Morgan fingerprint density at radius 1 is 1.10 bits per heavy atom. The zero-order valence-electron chi connectivity index (χ0n) is 11.6. The van der Waals surface area contributed by atoms with E-state index in [2.05, 4.69) is 26.6 Å². The number of rotatable bonds is 3. The normalized spacial score (nSPS) is 18.2. The molecule has 1 saturated carbocycles. The molecule has 3 rings (SSSR count). The lowest BCUT2D eigenvalue weighted by Gasteiger charge is -2.36. The molecule has 0 radical (unpaired) electrons. The Morgan fingerprint density at radius 3 is 2.60 bits per heavy atom. The molecule has 1 aliphatic rings. The van der Waals surface area contributed by atoms with Crippen molar-refractivity contribution in [2.75, 3.05) is 5.33 Å². The summed E-state index contributed by atoms with van der Waals surface area (Å²) >= 11 is 3.73. The minimum atomic E-state index is 0.119. The predicted octanol–water partition coefficient (Wildman–Crippen LogP) is 4.35. The molecule has 1 heterocycles. The number of aromatic nitrogens is 1. The van der Waals surface area contributed by atoms with E-state index in [1.807, 2.05) is 24.4 Å². The third-order valence-corrected chi connectivity index (χ3v) is 5.78. The van der Waals surface area contributed by atoms with Gasteiger partial charge in [0.1, 0.15) is 0 Å². The Labute approximate surface area is 127 Å². The fourth-order valence-electron chi connectivity index (χ4n) is 3.40. The summed E-state index contributed by atoms with van der Waals surface area (Å²) in [6, 6.07) is 9.64. The van der Waals surface area contributed by atoms with Gasteiger partial charge in [-0.25, -0.2) is 0 Å². The summed E-state index contributed by atoms with van der Waals surface area (Å²) in [7, 11) is 0. The van der Waals surface area contributed by atoms with Crippen molar-refractivity contribution in [2.45, 2.75) is 38.6 Å². The van der Waals surface area contributed by atoms with Crippen LogP contribution in [0.4, 0.5) is 0 Å². The SMILES string of the molecule is O=c1ccn(CC2(CBr)CCCCC2)c2ccccc12. The van der Waals surface area contributed by atoms with Crippen LogP contribution in [0.25, 0.3) is 10.9 Å². The van der Waals surface area contributed by atoms with Gasteiger partial charge in [0.15, 0.2) is 5.43 Å². The molecule has 0 unspecified atom stereocenters. The highest BCUT2D eigenvalue weighted by atomic mass is 79.9. The second-order valence-electron chi connectivity index (χ2n) is 6.02. The molecule has 106 valence electrons. The first kappa shape index (κ1) is 13.9. The molecular formula is C17H20BrNO. The average Bonchev–Trinajstić information content (AvgIpc) is 2.51. The van der Waals surface area contributed by atoms with E-state index in [0.717, 1.165) is 22.8 Å². The fourth-order valence-corrected chi connectivity index (χ4v) is 4.13. The van der Waals surface area contributed by atoms with Gasteiger partial charge in [0.25, 0.3) is 0 Å². The summed E-state index contributed by atoms with van der Waals surface area (Å²) in [6.07, 6.45) is 8.52. The second-order valence-corrected chi connectivity index (χ2v) is 6.58. The number of benzene rings is 1. The molecule has 0 atom stereocenters. The number of alkyl halides is 1. The summed E-state index contributed by atoms with van der Waals surface area (Å²) in [5.74, 6) is 0. The van der Waals surface area contributed by atoms with Gasteiger partial charge in [0, 0.05) is 29.5 Å². The number of fused-ring (bicyclic) bond motifs is 1. The van der Waals surface area contributed by atoms with Gasteiger partial charge in [0.2, 0.25) is 0 Å². The van der Waals surface area contributed by atoms with Crippen LogP contribution in [-0.4, -0.2) is 9.90 Å². The molecule has 0 saturated heterocycles. The van der Waals surface area contributed by atoms with E-state index in [-0.39, 0.29) is 5.43 Å². The Bertz CT molecular complexity index is 655. The Balaban J connectivity index is 2.02. The second kappa shape index (κ2) is 5.72. The molecule has 1 aromatic carbocycles. The van der Waals surface area contributed by atoms with Crippen LogP contribution in [0.2, 0.25) is 0 Å². The molecule has 2 aromatic rings. The van der Waals surface area contributed by atoms with Gasteiger partial charge in [0.05, 0.1) is 5.52 Å². The summed E-state index contributed by atoms with van der Waals surface area (Å²) in [6.45, 7) is 0.999. The average molecular weight is 334 g/mol. The van der Waals surface area contributed by atoms with Crippen molar-refractivity contribution >= 4 is 26.8 Å². The lowest BCUT2D eigenvalue weighted by atomic mass is 9.75. The molecule has 0 aliphatic heterocycles. The van der Waals surface area contributed by atoms with Gasteiger partial charge in [-0.05, 0) is 30.4 Å². The highest BCUT2D eigenvalue weighted by molar-refractivity contribution is 9.09. The van der Waals surface area contributed by atoms with Gasteiger partial charge in [-0.2, -0.15) is 0 Å². The van der Waals surface area contributed by atoms with E-state index in [1.54, 1.807) is 6.07 Å². The van der Waals surface area contributed by atoms with Crippen LogP contribution >= 0.6 is 15.9 Å². The first-order valence-electron chi connectivity index (χ1n) is 7.38. The predicted molar refractivity (Wildman–Crippen MR) is 87.5 cm³/mol. The zero-order valence-corrected chi connectivity index (χ0v) is 13.2. The highest BCUT2D eigenvalue weighted by Gasteiger charge is 2.31. The van der Waals surface area contributed by atoms with E-state index < -0.39 is 0 Å². The van der Waals surface area contributed by atoms with Crippen LogP contribution in [-0.2, 0) is 6.54 Å². The van der Waals surface area contributed by atoms with E-state index >= 15 is 0 Å². The number of pyridine rings is 1. The van der Waals surface area contributed by atoms with Gasteiger partial charge in [-0.1, -0.05) is 47.3 Å². The van der Waals surface area contributed by atoms with Crippen molar-refractivity contribution in [3.8, 4) is 0 Å². The molecular weight excluding hydrogens is 314 g/mol. The summed E-state index contributed by atoms with van der Waals surface area (Å²) in [5, 5.41) is 1.87. The first-order valence-corrected chi connectivity index (χ1v) is 8.50. The number of hydrogen-bond donors (Lipinski definition) is 0. The van der Waals surface area contributed by atoms with Crippen LogP contribution in [0, 0.1) is 5.41 Å². The van der Waals surface area contributed by atoms with E-state index in [0.29, 0.717) is 5.41 Å². The largest absolute Gasteiger partial charge is 0.347 e. The standard InChI is InChI=1S/C17H20BrNO/c18-12-17(9-4-1-5-10-17)13-19-11-8-16(20)14-6-2-3-7-15(14)19/h2-3,6-8,11H,1,4-5,9-10,12-13H2.